The van der Waals surface area contributed by atoms with Gasteiger partial charge >= 0.3 is 5.97 Å². The van der Waals surface area contributed by atoms with Crippen molar-refractivity contribution in [2.24, 2.45) is 11.8 Å². The number of anilines is 1. The zero-order valence-electron chi connectivity index (χ0n) is 18.1. The Morgan fingerprint density at radius 3 is 2.00 bits per heavy atom. The summed E-state index contributed by atoms with van der Waals surface area (Å²) in [5.41, 5.74) is 0.469. The van der Waals surface area contributed by atoms with Gasteiger partial charge in [-0.1, -0.05) is 65.7 Å². The number of hydrogen-bond donors (Lipinski definition) is 1. The van der Waals surface area contributed by atoms with Crippen LogP contribution in [0.4, 0.5) is 5.69 Å². The molecule has 0 bridgehead atoms. The first-order valence-electron chi connectivity index (χ1n) is 10.7. The first-order chi connectivity index (χ1) is 16.4. The summed E-state index contributed by atoms with van der Waals surface area (Å²) in [7, 11) is 1.26. The number of imide groups is 1. The van der Waals surface area contributed by atoms with Crippen LogP contribution in [0.2, 0.25) is 10.0 Å². The largest absolute Gasteiger partial charge is 0.468 e. The highest BCUT2D eigenvalue weighted by atomic mass is 35.5. The number of carbonyl (C=O) groups excluding carboxylic acids is 3. The molecule has 0 aromatic heterocycles. The Bertz CT molecular complexity index is 1250. The normalized spacial score (nSPS) is 23.1. The highest BCUT2D eigenvalue weighted by Crippen LogP contribution is 2.53. The van der Waals surface area contributed by atoms with E-state index in [9.17, 15) is 14.4 Å². The Labute approximate surface area is 206 Å². The maximum atomic E-state index is 14.0. The van der Waals surface area contributed by atoms with Gasteiger partial charge in [0.2, 0.25) is 11.8 Å². The number of carbonyl (C=O) groups is 3. The zero-order chi connectivity index (χ0) is 24.0. The summed E-state index contributed by atoms with van der Waals surface area (Å²) in [6, 6.07) is 21.7. The van der Waals surface area contributed by atoms with Gasteiger partial charge in [-0.2, -0.15) is 0 Å². The summed E-state index contributed by atoms with van der Waals surface area (Å²) in [5, 5.41) is 4.23. The average molecular weight is 495 g/mol. The standard InChI is InChI=1S/C26H20Cl2N2O4/c1-34-25(33)22-20-21(24(32)30(23(20)31)19-11-3-2-4-12-19)26(29-22,15-7-5-9-17(27)13-15)16-8-6-10-18(28)14-16/h2-14,20-22,29H,1H3/t20-,21+,22+/m0/s1. The number of hydrogen-bond acceptors (Lipinski definition) is 5. The summed E-state index contributed by atoms with van der Waals surface area (Å²) in [6.07, 6.45) is 0. The molecular weight excluding hydrogens is 475 g/mol. The van der Waals surface area contributed by atoms with E-state index in [0.29, 0.717) is 26.9 Å². The Kier molecular flexibility index (Phi) is 5.68. The van der Waals surface area contributed by atoms with Gasteiger partial charge < -0.3 is 4.74 Å². The molecule has 2 heterocycles. The molecule has 1 N–H and O–H groups in total. The molecule has 5 rings (SSSR count). The summed E-state index contributed by atoms with van der Waals surface area (Å²) in [6.45, 7) is 0. The third-order valence-electron chi connectivity index (χ3n) is 6.59. The third-order valence-corrected chi connectivity index (χ3v) is 7.06. The third kappa shape index (κ3) is 3.33. The number of amides is 2. The summed E-state index contributed by atoms with van der Waals surface area (Å²) in [4.78, 5) is 41.8. The van der Waals surface area contributed by atoms with Crippen LogP contribution in [0.5, 0.6) is 0 Å². The minimum atomic E-state index is -1.25. The van der Waals surface area contributed by atoms with Crippen molar-refractivity contribution in [3.63, 3.8) is 0 Å². The van der Waals surface area contributed by atoms with Crippen LogP contribution >= 0.6 is 23.2 Å². The number of esters is 1. The number of nitrogens with zero attached hydrogens (tertiary/aromatic N) is 1. The van der Waals surface area contributed by atoms with Crippen LogP contribution in [0.25, 0.3) is 0 Å². The average Bonchev–Trinajstić information content (AvgIpc) is 3.33. The predicted molar refractivity (Wildman–Crippen MR) is 129 cm³/mol. The van der Waals surface area contributed by atoms with E-state index in [1.54, 1.807) is 66.7 Å². The van der Waals surface area contributed by atoms with Crippen molar-refractivity contribution in [1.29, 1.82) is 0 Å². The lowest BCUT2D eigenvalue weighted by Gasteiger charge is -2.36. The highest BCUT2D eigenvalue weighted by Gasteiger charge is 2.68. The number of nitrogens with one attached hydrogen (secondary N) is 1. The fraction of sp³-hybridized carbons (Fsp3) is 0.192. The van der Waals surface area contributed by atoms with Crippen LogP contribution < -0.4 is 10.2 Å². The number of methoxy groups -OCH3 is 1. The van der Waals surface area contributed by atoms with E-state index in [2.05, 4.69) is 5.32 Å². The van der Waals surface area contributed by atoms with E-state index in [0.717, 1.165) is 4.90 Å². The fourth-order valence-corrected chi connectivity index (χ4v) is 5.61. The van der Waals surface area contributed by atoms with Crippen LogP contribution in [0, 0.1) is 11.8 Å². The Morgan fingerprint density at radius 2 is 1.47 bits per heavy atom. The summed E-state index contributed by atoms with van der Waals surface area (Å²) in [5.74, 6) is -3.44. The van der Waals surface area contributed by atoms with Crippen molar-refractivity contribution < 1.29 is 19.1 Å². The molecule has 3 atom stereocenters. The number of ether oxygens (including phenoxy) is 1. The van der Waals surface area contributed by atoms with Crippen molar-refractivity contribution in [3.8, 4) is 0 Å². The molecule has 0 saturated carbocycles. The van der Waals surface area contributed by atoms with Gasteiger partial charge in [0, 0.05) is 10.0 Å². The molecule has 0 radical (unpaired) electrons. The zero-order valence-corrected chi connectivity index (χ0v) is 19.6. The Morgan fingerprint density at radius 1 is 0.882 bits per heavy atom. The van der Waals surface area contributed by atoms with Crippen LogP contribution in [0.3, 0.4) is 0 Å². The first kappa shape index (κ1) is 22.6. The van der Waals surface area contributed by atoms with E-state index >= 15 is 0 Å². The maximum Gasteiger partial charge on any atom is 0.323 e. The van der Waals surface area contributed by atoms with Gasteiger partial charge in [-0.3, -0.25) is 19.7 Å². The molecule has 3 aromatic carbocycles. The molecule has 3 aromatic rings. The molecular formula is C26H20Cl2N2O4. The molecule has 0 aliphatic carbocycles. The topological polar surface area (TPSA) is 75.7 Å². The highest BCUT2D eigenvalue weighted by molar-refractivity contribution is 6.31. The van der Waals surface area contributed by atoms with E-state index in [1.165, 1.54) is 7.11 Å². The van der Waals surface area contributed by atoms with E-state index in [1.807, 2.05) is 12.1 Å². The van der Waals surface area contributed by atoms with E-state index in [-0.39, 0.29) is 0 Å². The minimum absolute atomic E-state index is 0.417. The number of rotatable bonds is 4. The van der Waals surface area contributed by atoms with Crippen molar-refractivity contribution in [1.82, 2.24) is 5.32 Å². The first-order valence-corrected chi connectivity index (χ1v) is 11.4. The van der Waals surface area contributed by atoms with Crippen molar-refractivity contribution in [2.45, 2.75) is 11.6 Å². The molecule has 34 heavy (non-hydrogen) atoms. The second kappa shape index (κ2) is 8.55. The Hall–Kier alpha value is -3.19. The molecule has 0 spiro atoms. The predicted octanol–water partition coefficient (Wildman–Crippen LogP) is 4.19. The molecule has 8 heteroatoms. The smallest absolute Gasteiger partial charge is 0.323 e. The van der Waals surface area contributed by atoms with Gasteiger partial charge in [0.1, 0.15) is 6.04 Å². The monoisotopic (exact) mass is 494 g/mol. The van der Waals surface area contributed by atoms with E-state index < -0.39 is 41.2 Å². The molecule has 2 amide bonds. The number of benzene rings is 3. The number of para-hydroxylation sites is 1. The Balaban J connectivity index is 1.79. The minimum Gasteiger partial charge on any atom is -0.468 e. The van der Waals surface area contributed by atoms with Gasteiger partial charge in [-0.25, -0.2) is 4.90 Å². The van der Waals surface area contributed by atoms with Crippen LogP contribution in [0.1, 0.15) is 11.1 Å². The quantitative estimate of drug-likeness (QED) is 0.434. The molecule has 2 saturated heterocycles. The van der Waals surface area contributed by atoms with Gasteiger partial charge in [0.05, 0.1) is 30.2 Å². The molecule has 6 nitrogen and oxygen atoms in total. The van der Waals surface area contributed by atoms with Crippen molar-refractivity contribution in [2.75, 3.05) is 12.0 Å². The van der Waals surface area contributed by atoms with Crippen molar-refractivity contribution >= 4 is 46.7 Å². The lowest BCUT2D eigenvalue weighted by Crippen LogP contribution is -2.52. The second-order valence-electron chi connectivity index (χ2n) is 8.32. The number of fused-ring (bicyclic) bond motifs is 1. The lowest BCUT2D eigenvalue weighted by atomic mass is 9.71. The molecule has 2 aliphatic rings. The van der Waals surface area contributed by atoms with Crippen LogP contribution in [-0.4, -0.2) is 30.9 Å². The van der Waals surface area contributed by atoms with E-state index in [4.69, 9.17) is 27.9 Å². The van der Waals surface area contributed by atoms with Gasteiger partial charge in [0.25, 0.3) is 0 Å². The fourth-order valence-electron chi connectivity index (χ4n) is 5.23. The number of halogens is 2. The van der Waals surface area contributed by atoms with Crippen molar-refractivity contribution in [3.05, 3.63) is 100 Å². The lowest BCUT2D eigenvalue weighted by molar-refractivity contribution is -0.145. The molecule has 2 fully saturated rings. The SMILES string of the molecule is COC(=O)[C@@H]1NC(c2cccc(Cl)c2)(c2cccc(Cl)c2)[C@H]2C(=O)N(c3ccccc3)C(=O)[C@H]12. The maximum absolute atomic E-state index is 14.0. The summed E-state index contributed by atoms with van der Waals surface area (Å²) >= 11 is 12.7. The van der Waals surface area contributed by atoms with Crippen LogP contribution in [0.15, 0.2) is 78.9 Å². The van der Waals surface area contributed by atoms with Crippen LogP contribution in [-0.2, 0) is 24.7 Å². The molecule has 2 aliphatic heterocycles. The van der Waals surface area contributed by atoms with Gasteiger partial charge in [-0.15, -0.1) is 0 Å². The second-order valence-corrected chi connectivity index (χ2v) is 9.20. The molecule has 172 valence electrons. The van der Waals surface area contributed by atoms with Gasteiger partial charge in [0.15, 0.2) is 0 Å². The van der Waals surface area contributed by atoms with Gasteiger partial charge in [-0.05, 0) is 47.5 Å². The summed E-state index contributed by atoms with van der Waals surface area (Å²) < 4.78 is 5.04. The molecule has 0 unspecified atom stereocenters.